The Morgan fingerprint density at radius 1 is 0.957 bits per heavy atom. The average molecular weight is 304 g/mol. The minimum Gasteiger partial charge on any atom is -0.337 e. The number of aromatic nitrogens is 1. The van der Waals surface area contributed by atoms with Crippen molar-refractivity contribution in [3.8, 4) is 5.69 Å². The molecule has 23 heavy (non-hydrogen) atoms. The smallest absolute Gasteiger partial charge is 0.253 e. The number of amides is 1. The van der Waals surface area contributed by atoms with Gasteiger partial charge in [-0.3, -0.25) is 4.79 Å². The predicted molar refractivity (Wildman–Crippen MR) is 92.7 cm³/mol. The van der Waals surface area contributed by atoms with E-state index >= 15 is 0 Å². The minimum absolute atomic E-state index is 0.0345. The van der Waals surface area contributed by atoms with E-state index in [0.717, 1.165) is 5.69 Å². The first-order chi connectivity index (χ1) is 11.1. The second kappa shape index (κ2) is 6.53. The molecule has 0 N–H and O–H groups in total. The maximum atomic E-state index is 12.6. The highest BCUT2D eigenvalue weighted by Gasteiger charge is 2.12. The lowest BCUT2D eigenvalue weighted by Crippen LogP contribution is -2.26. The van der Waals surface area contributed by atoms with Gasteiger partial charge in [0.2, 0.25) is 0 Å². The Hall–Kier alpha value is -2.81. The Labute approximate surface area is 136 Å². The van der Waals surface area contributed by atoms with Gasteiger partial charge in [-0.2, -0.15) is 0 Å². The largest absolute Gasteiger partial charge is 0.337 e. The molecule has 3 heteroatoms. The van der Waals surface area contributed by atoms with Crippen molar-refractivity contribution in [1.82, 2.24) is 9.47 Å². The molecule has 0 aliphatic carbocycles. The molecule has 3 aromatic rings. The van der Waals surface area contributed by atoms with Crippen LogP contribution in [-0.2, 0) is 6.54 Å². The number of rotatable bonds is 4. The van der Waals surface area contributed by atoms with Crippen LogP contribution >= 0.6 is 0 Å². The zero-order valence-electron chi connectivity index (χ0n) is 13.4. The summed E-state index contributed by atoms with van der Waals surface area (Å²) in [6.07, 6.45) is 3.97. The molecule has 2 aromatic carbocycles. The Morgan fingerprint density at radius 2 is 1.61 bits per heavy atom. The summed E-state index contributed by atoms with van der Waals surface area (Å²) in [5.74, 6) is 0.0345. The van der Waals surface area contributed by atoms with Crippen molar-refractivity contribution in [3.05, 3.63) is 89.7 Å². The fourth-order valence-corrected chi connectivity index (χ4v) is 2.62. The van der Waals surface area contributed by atoms with Crippen LogP contribution in [-0.4, -0.2) is 22.4 Å². The number of hydrogen-bond acceptors (Lipinski definition) is 1. The molecule has 0 saturated heterocycles. The van der Waals surface area contributed by atoms with Gasteiger partial charge >= 0.3 is 0 Å². The minimum atomic E-state index is 0.0345. The average Bonchev–Trinajstić information content (AvgIpc) is 3.11. The van der Waals surface area contributed by atoms with Gasteiger partial charge in [-0.15, -0.1) is 0 Å². The lowest BCUT2D eigenvalue weighted by molar-refractivity contribution is 0.0785. The standard InChI is InChI=1S/C20H20N2O/c1-16-7-3-4-8-18(16)15-21(2)20(23)17-9-11-19(12-10-17)22-13-5-6-14-22/h3-14H,15H2,1-2H3. The van der Waals surface area contributed by atoms with Crippen molar-refractivity contribution in [2.24, 2.45) is 0 Å². The zero-order valence-corrected chi connectivity index (χ0v) is 13.4. The number of aryl methyl sites for hydroxylation is 1. The summed E-state index contributed by atoms with van der Waals surface area (Å²) in [4.78, 5) is 14.3. The summed E-state index contributed by atoms with van der Waals surface area (Å²) < 4.78 is 2.02. The van der Waals surface area contributed by atoms with E-state index in [9.17, 15) is 4.79 Å². The van der Waals surface area contributed by atoms with Crippen LogP contribution in [0.15, 0.2) is 73.1 Å². The van der Waals surface area contributed by atoms with Crippen LogP contribution < -0.4 is 0 Å². The zero-order chi connectivity index (χ0) is 16.2. The Bertz CT molecular complexity index is 789. The number of carbonyl (C=O) groups excluding carboxylic acids is 1. The van der Waals surface area contributed by atoms with Crippen LogP contribution in [0.25, 0.3) is 5.69 Å². The van der Waals surface area contributed by atoms with Crippen molar-refractivity contribution in [2.75, 3.05) is 7.05 Å². The van der Waals surface area contributed by atoms with Crippen molar-refractivity contribution >= 4 is 5.91 Å². The summed E-state index contributed by atoms with van der Waals surface area (Å²) in [5, 5.41) is 0. The van der Waals surface area contributed by atoms with E-state index in [-0.39, 0.29) is 5.91 Å². The molecule has 0 fully saturated rings. The van der Waals surface area contributed by atoms with Gasteiger partial charge in [0.05, 0.1) is 0 Å². The first-order valence-corrected chi connectivity index (χ1v) is 7.68. The van der Waals surface area contributed by atoms with Crippen LogP contribution in [0, 0.1) is 6.92 Å². The lowest BCUT2D eigenvalue weighted by atomic mass is 10.1. The van der Waals surface area contributed by atoms with Crippen LogP contribution in [0.1, 0.15) is 21.5 Å². The first kappa shape index (κ1) is 15.1. The molecule has 1 amide bonds. The van der Waals surface area contributed by atoms with E-state index < -0.39 is 0 Å². The van der Waals surface area contributed by atoms with E-state index in [0.29, 0.717) is 12.1 Å². The monoisotopic (exact) mass is 304 g/mol. The fraction of sp³-hybridized carbons (Fsp3) is 0.150. The van der Waals surface area contributed by atoms with E-state index in [4.69, 9.17) is 0 Å². The number of benzene rings is 2. The molecule has 1 aromatic heterocycles. The fourth-order valence-electron chi connectivity index (χ4n) is 2.62. The van der Waals surface area contributed by atoms with Gasteiger partial charge in [-0.1, -0.05) is 24.3 Å². The molecular weight excluding hydrogens is 284 g/mol. The molecule has 0 aliphatic rings. The summed E-state index contributed by atoms with van der Waals surface area (Å²) in [6.45, 7) is 2.68. The van der Waals surface area contributed by atoms with Crippen LogP contribution in [0.4, 0.5) is 0 Å². The summed E-state index contributed by atoms with van der Waals surface area (Å²) in [6, 6.07) is 19.8. The van der Waals surface area contributed by atoms with Gasteiger partial charge < -0.3 is 9.47 Å². The van der Waals surface area contributed by atoms with Crippen molar-refractivity contribution < 1.29 is 4.79 Å². The van der Waals surface area contributed by atoms with Gasteiger partial charge in [0, 0.05) is 37.2 Å². The van der Waals surface area contributed by atoms with Gasteiger partial charge in [0.15, 0.2) is 0 Å². The van der Waals surface area contributed by atoms with E-state index in [1.54, 1.807) is 4.90 Å². The highest BCUT2D eigenvalue weighted by Crippen LogP contribution is 2.14. The van der Waals surface area contributed by atoms with Gasteiger partial charge in [-0.05, 0) is 54.4 Å². The maximum Gasteiger partial charge on any atom is 0.253 e. The summed E-state index contributed by atoms with van der Waals surface area (Å²) >= 11 is 0. The van der Waals surface area contributed by atoms with Crippen molar-refractivity contribution in [1.29, 1.82) is 0 Å². The second-order valence-electron chi connectivity index (χ2n) is 5.72. The third kappa shape index (κ3) is 3.34. The summed E-state index contributed by atoms with van der Waals surface area (Å²) in [5.41, 5.74) is 4.13. The van der Waals surface area contributed by atoms with Crippen molar-refractivity contribution in [3.63, 3.8) is 0 Å². The molecule has 116 valence electrons. The van der Waals surface area contributed by atoms with E-state index in [2.05, 4.69) is 19.1 Å². The SMILES string of the molecule is Cc1ccccc1CN(C)C(=O)c1ccc(-n2cccc2)cc1. The predicted octanol–water partition coefficient (Wildman–Crippen LogP) is 4.06. The summed E-state index contributed by atoms with van der Waals surface area (Å²) in [7, 11) is 1.84. The number of hydrogen-bond donors (Lipinski definition) is 0. The quantitative estimate of drug-likeness (QED) is 0.713. The Kier molecular flexibility index (Phi) is 4.29. The van der Waals surface area contributed by atoms with Gasteiger partial charge in [0.25, 0.3) is 5.91 Å². The van der Waals surface area contributed by atoms with Gasteiger partial charge in [-0.25, -0.2) is 0 Å². The first-order valence-electron chi connectivity index (χ1n) is 7.68. The molecule has 0 atom stereocenters. The third-order valence-electron chi connectivity index (χ3n) is 4.03. The molecule has 0 bridgehead atoms. The molecule has 3 nitrogen and oxygen atoms in total. The molecule has 0 spiro atoms. The Morgan fingerprint density at radius 3 is 2.26 bits per heavy atom. The van der Waals surface area contributed by atoms with Gasteiger partial charge in [0.1, 0.15) is 0 Å². The highest BCUT2D eigenvalue weighted by atomic mass is 16.2. The normalized spacial score (nSPS) is 10.5. The maximum absolute atomic E-state index is 12.6. The van der Waals surface area contributed by atoms with Crippen LogP contribution in [0.3, 0.4) is 0 Å². The molecule has 0 aliphatic heterocycles. The van der Waals surface area contributed by atoms with E-state index in [1.165, 1.54) is 11.1 Å². The van der Waals surface area contributed by atoms with Crippen molar-refractivity contribution in [2.45, 2.75) is 13.5 Å². The molecule has 0 unspecified atom stereocenters. The molecule has 0 radical (unpaired) electrons. The molecule has 3 rings (SSSR count). The van der Waals surface area contributed by atoms with Crippen LogP contribution in [0.2, 0.25) is 0 Å². The third-order valence-corrected chi connectivity index (χ3v) is 4.03. The number of nitrogens with zero attached hydrogens (tertiary/aromatic N) is 2. The lowest BCUT2D eigenvalue weighted by Gasteiger charge is -2.19. The molecule has 1 heterocycles. The molecule has 0 saturated carbocycles. The second-order valence-corrected chi connectivity index (χ2v) is 5.72. The Balaban J connectivity index is 1.73. The van der Waals surface area contributed by atoms with Crippen LogP contribution in [0.5, 0.6) is 0 Å². The molecular formula is C20H20N2O. The number of carbonyl (C=O) groups is 1. The highest BCUT2D eigenvalue weighted by molar-refractivity contribution is 5.94. The van der Waals surface area contributed by atoms with E-state index in [1.807, 2.05) is 72.5 Å². The topological polar surface area (TPSA) is 25.2 Å².